The zero-order valence-corrected chi connectivity index (χ0v) is 83.1. The van der Waals surface area contributed by atoms with Crippen LogP contribution in [0.2, 0.25) is 24.7 Å². The Morgan fingerprint density at radius 1 is 0.327 bits per heavy atom. The summed E-state index contributed by atoms with van der Waals surface area (Å²) in [6.07, 6.45) is 8.35. The van der Waals surface area contributed by atoms with E-state index in [0.717, 1.165) is 66.6 Å². The molecule has 0 aliphatic heterocycles. The van der Waals surface area contributed by atoms with Crippen molar-refractivity contribution < 1.29 is 105 Å². The van der Waals surface area contributed by atoms with Crippen LogP contribution in [0.3, 0.4) is 0 Å². The van der Waals surface area contributed by atoms with E-state index in [1.54, 1.807) is 67.5 Å². The molecule has 0 atom stereocenters. The van der Waals surface area contributed by atoms with Gasteiger partial charge < -0.3 is 30.3 Å². The third kappa shape index (κ3) is 40.0. The zero-order valence-electron chi connectivity index (χ0n) is 57.6. The first-order valence-corrected chi connectivity index (χ1v) is 73.8. The van der Waals surface area contributed by atoms with Crippen molar-refractivity contribution >= 4 is 227 Å². The fourth-order valence-corrected chi connectivity index (χ4v) is 10.6. The summed E-state index contributed by atoms with van der Waals surface area (Å²) in [4.78, 5) is 21.7. The molecule has 107 heavy (non-hydrogen) atoms. The number of nitrogens with zero attached hydrogens (tertiary/aromatic N) is 5. The molecule has 5 N–H and O–H groups in total. The Kier molecular flexibility index (Phi) is 55.5. The van der Waals surface area contributed by atoms with Gasteiger partial charge >= 0.3 is 206 Å². The maximum absolute atomic E-state index is 10.4. The molecule has 0 unspecified atom stereocenters. The van der Waals surface area contributed by atoms with E-state index < -0.39 is 8.07 Å². The summed E-state index contributed by atoms with van der Waals surface area (Å²) in [6.45, 7) is 6.67. The molecule has 0 aliphatic carbocycles. The average Bonchev–Trinajstić information content (AvgIpc) is 0.807. The number of phenolic OH excluding ortho intramolecular Hbond substituents is 5. The van der Waals surface area contributed by atoms with Crippen molar-refractivity contribution in [2.45, 2.75) is 19.6 Å². The normalized spacial score (nSPS) is 10.2. The van der Waals surface area contributed by atoms with Gasteiger partial charge in [-0.3, -0.25) is 25.0 Å². The van der Waals surface area contributed by atoms with E-state index in [1.165, 1.54) is 7.11 Å². The van der Waals surface area contributed by atoms with Crippen molar-refractivity contribution in [3.05, 3.63) is 324 Å². The minimum atomic E-state index is -1.53. The number of rotatable bonds is 13. The summed E-state index contributed by atoms with van der Waals surface area (Å²) in [7, 11) is -0.00824. The van der Waals surface area contributed by atoms with Crippen LogP contribution >= 0.6 is 143 Å². The Morgan fingerprint density at radius 3 is 1.04 bits per heavy atom. The standard InChI is InChI=1S/C19H15NO.C17H13NO.C16H19NOSi.C14H13NO2.C13H10ClNO.10BrH.5Ti/c21-19-16(14-20-17-11-5-2-6-12-17)10-7-13-18(19)15-8-3-1-4-9-15;19-17-11-10-13-6-4-5-9-15(13)16(17)12-18-14-7-2-1-3-8-14;1-19(2,3)15-11-7-8-13(16(15)18)12-17-14-9-5-4-6-10-14;1-17-13-9-5-6-11(14(13)16)10-15-12-7-3-2-4-8-12;14-12-8-4-5-10(13(12)16)9-15-11-6-2-1-3-7-11;;;;;;;;;;;;;;;/h1-14,21H;1-12,19H;4-12,18H,1-3H3;2-10,16H,1H3;1-9,16H;10*1H;;;;;/q;;;;;;;;;;;;;;;5*+2/p-10. The number of ether oxygens (including phenoxy) is 1. The van der Waals surface area contributed by atoms with Gasteiger partial charge in [0, 0.05) is 64.5 Å². The van der Waals surface area contributed by atoms with Gasteiger partial charge in [0.05, 0.1) is 48.6 Å². The molecule has 548 valence electrons. The molecule has 0 spiro atoms. The van der Waals surface area contributed by atoms with Gasteiger partial charge in [-0.25, -0.2) is 0 Å². The summed E-state index contributed by atoms with van der Waals surface area (Å²) in [5.41, 5.74) is 9.59. The predicted molar refractivity (Wildman–Crippen MR) is 476 cm³/mol. The van der Waals surface area contributed by atoms with Gasteiger partial charge in [-0.1, -0.05) is 219 Å². The van der Waals surface area contributed by atoms with E-state index in [9.17, 15) is 25.5 Å². The van der Waals surface area contributed by atoms with E-state index >= 15 is 0 Å². The van der Waals surface area contributed by atoms with Crippen molar-refractivity contribution in [3.63, 3.8) is 0 Å². The molecule has 0 saturated carbocycles. The second-order valence-corrected chi connectivity index (χ2v) is 66.6. The molecule has 0 aliphatic rings. The van der Waals surface area contributed by atoms with Crippen LogP contribution in [-0.2, 0) is 74.8 Å². The summed E-state index contributed by atoms with van der Waals surface area (Å²) < 4.78 is 5.03. The van der Waals surface area contributed by atoms with E-state index in [2.05, 4.69) is 176 Å². The van der Waals surface area contributed by atoms with Gasteiger partial charge in [-0.15, -0.1) is 0 Å². The Labute approximate surface area is 741 Å². The van der Waals surface area contributed by atoms with Gasteiger partial charge in [-0.2, -0.15) is 0 Å². The Balaban J connectivity index is 0.000000331. The second-order valence-electron chi connectivity index (χ2n) is 21.7. The SMILES string of the molecule is COc1cccc(C=Nc2ccccc2)c1O.C[Si](C)(C)c1cccc(C=Nc2ccccc2)c1O.Oc1c(C=Nc2ccccc2)cccc1-c1ccccc1.Oc1c(Cl)cccc1C=Nc1ccccc1.Oc1ccc2ccccc2c1C=Nc1ccccc1.[Br][Ti][Br].[Br][Ti][Br].[Br][Ti][Br].[Br][Ti][Br].[Br][Ti][Br]. The van der Waals surface area contributed by atoms with Crippen molar-refractivity contribution in [1.29, 1.82) is 0 Å². The Bertz CT molecular complexity index is 4580. The molecule has 0 bridgehead atoms. The van der Waals surface area contributed by atoms with E-state index in [0.29, 0.717) is 33.2 Å². The zero-order chi connectivity index (χ0) is 78.5. The predicted octanol–water partition coefficient (Wildman–Crippen LogP) is 28.2. The molecule has 28 heteroatoms. The molecule has 0 amide bonds. The summed E-state index contributed by atoms with van der Waals surface area (Å²) in [5.74, 6) is 1.49. The monoisotopic (exact) mass is 2280 g/mol. The van der Waals surface area contributed by atoms with Crippen LogP contribution < -0.4 is 9.92 Å². The third-order valence-corrected chi connectivity index (χ3v) is 16.1. The van der Waals surface area contributed by atoms with Crippen molar-refractivity contribution in [2.24, 2.45) is 25.0 Å². The topological polar surface area (TPSA) is 172 Å². The minimum absolute atomic E-state index is 0.0591. The number of para-hydroxylation sites is 9. The van der Waals surface area contributed by atoms with Crippen molar-refractivity contribution in [1.82, 2.24) is 0 Å². The first-order chi connectivity index (χ1) is 51.8. The quantitative estimate of drug-likeness (QED) is 0.0568. The van der Waals surface area contributed by atoms with Crippen LogP contribution in [0.5, 0.6) is 34.5 Å². The molecule has 0 radical (unpaired) electrons. The number of aromatic hydroxyl groups is 5. The van der Waals surface area contributed by atoms with Gasteiger partial charge in [0.2, 0.25) is 0 Å². The average molecular weight is 2290 g/mol. The molecule has 11 nitrogen and oxygen atoms in total. The first kappa shape index (κ1) is 98.1. The van der Waals surface area contributed by atoms with Crippen LogP contribution in [0.4, 0.5) is 28.4 Å². The maximum atomic E-state index is 10.4. The number of fused-ring (bicyclic) bond motifs is 1. The molecule has 0 heterocycles. The van der Waals surface area contributed by atoms with Gasteiger partial charge in [0.1, 0.15) is 23.0 Å². The number of hydrogen-bond acceptors (Lipinski definition) is 11. The second kappa shape index (κ2) is 60.5. The summed E-state index contributed by atoms with van der Waals surface area (Å²) in [6, 6.07) is 91.6. The molecule has 12 rings (SSSR count). The van der Waals surface area contributed by atoms with E-state index in [4.69, 9.17) is 16.3 Å². The van der Waals surface area contributed by atoms with E-state index in [-0.39, 0.29) is 97.8 Å². The number of benzene rings is 12. The number of methoxy groups -OCH3 is 1. The molecular formula is C79H70Br10ClN5O6SiTi5. The van der Waals surface area contributed by atoms with Crippen LogP contribution in [0, 0.1) is 0 Å². The Hall–Kier alpha value is -3.07. The van der Waals surface area contributed by atoms with Crippen molar-refractivity contribution in [2.75, 3.05) is 7.11 Å². The van der Waals surface area contributed by atoms with Crippen LogP contribution in [0.25, 0.3) is 21.9 Å². The molecule has 0 fully saturated rings. The Morgan fingerprint density at radius 2 is 0.645 bits per heavy atom. The van der Waals surface area contributed by atoms with Crippen molar-refractivity contribution in [3.8, 4) is 45.6 Å². The third-order valence-electron chi connectivity index (χ3n) is 13.8. The summed E-state index contributed by atoms with van der Waals surface area (Å²) >= 11 is 38.3. The fourth-order valence-electron chi connectivity index (χ4n) is 8.94. The van der Waals surface area contributed by atoms with Crippen LogP contribution in [-0.4, -0.2) is 71.8 Å². The summed E-state index contributed by atoms with van der Waals surface area (Å²) in [5, 5.41) is 53.8. The van der Waals surface area contributed by atoms with E-state index in [1.807, 2.05) is 255 Å². The first-order valence-electron chi connectivity index (χ1n) is 31.3. The van der Waals surface area contributed by atoms with Gasteiger partial charge in [-0.05, 0) is 125 Å². The molecular weight excluding hydrogens is 2220 g/mol. The molecule has 12 aromatic rings. The number of hydrogen-bond donors (Lipinski definition) is 5. The number of phenols is 5. The molecule has 0 aromatic heterocycles. The van der Waals surface area contributed by atoms with Gasteiger partial charge in [0.15, 0.2) is 11.5 Å². The van der Waals surface area contributed by atoms with Crippen LogP contribution in [0.1, 0.15) is 27.8 Å². The fraction of sp³-hybridized carbons (Fsp3) is 0.0506. The van der Waals surface area contributed by atoms with Gasteiger partial charge in [0.25, 0.3) is 0 Å². The molecule has 0 saturated heterocycles. The number of aliphatic imine (C=N–C) groups is 5. The van der Waals surface area contributed by atoms with Crippen LogP contribution in [0.15, 0.2) is 316 Å². The molecule has 12 aromatic carbocycles. The number of halogens is 11.